The van der Waals surface area contributed by atoms with Crippen LogP contribution in [0, 0.1) is 0 Å². The van der Waals surface area contributed by atoms with E-state index in [0.29, 0.717) is 39.6 Å². The molecule has 4 rings (SSSR count). The first kappa shape index (κ1) is 20.2. The number of aromatic nitrogens is 4. The molecule has 0 spiro atoms. The number of amides is 2. The van der Waals surface area contributed by atoms with Gasteiger partial charge in [-0.05, 0) is 54.6 Å². The maximum atomic E-state index is 12.3. The fourth-order valence-corrected chi connectivity index (χ4v) is 2.86. The van der Waals surface area contributed by atoms with Gasteiger partial charge in [0.15, 0.2) is 5.82 Å². The summed E-state index contributed by atoms with van der Waals surface area (Å²) < 4.78 is 12.5. The fourth-order valence-electron chi connectivity index (χ4n) is 2.68. The fraction of sp³-hybridized carbons (Fsp3) is 0.0476. The molecule has 0 saturated carbocycles. The van der Waals surface area contributed by atoms with E-state index in [2.05, 4.69) is 25.9 Å². The summed E-state index contributed by atoms with van der Waals surface area (Å²) in [6, 6.07) is 16.6. The van der Waals surface area contributed by atoms with E-state index in [1.165, 1.54) is 7.11 Å². The van der Waals surface area contributed by atoms with Crippen molar-refractivity contribution in [3.8, 4) is 23.2 Å². The van der Waals surface area contributed by atoms with Crippen LogP contribution in [0.25, 0.3) is 5.82 Å². The van der Waals surface area contributed by atoms with Crippen LogP contribution < -0.4 is 20.1 Å². The van der Waals surface area contributed by atoms with Gasteiger partial charge in [0.1, 0.15) is 11.5 Å². The van der Waals surface area contributed by atoms with Gasteiger partial charge < -0.3 is 20.1 Å². The number of benzene rings is 2. The van der Waals surface area contributed by atoms with Crippen molar-refractivity contribution in [1.29, 1.82) is 0 Å². The molecular formula is C21H17ClN6O3. The average molecular weight is 437 g/mol. The number of carbonyl (C=O) groups excluding carboxylic acids is 1. The maximum Gasteiger partial charge on any atom is 0.323 e. The van der Waals surface area contributed by atoms with Gasteiger partial charge in [0, 0.05) is 29.2 Å². The van der Waals surface area contributed by atoms with E-state index < -0.39 is 6.03 Å². The Balaban J connectivity index is 1.36. The Morgan fingerprint density at radius 1 is 1.03 bits per heavy atom. The Morgan fingerprint density at radius 2 is 1.87 bits per heavy atom. The molecule has 2 amide bonds. The largest absolute Gasteiger partial charge is 0.495 e. The van der Waals surface area contributed by atoms with E-state index in [9.17, 15) is 4.79 Å². The lowest BCUT2D eigenvalue weighted by Gasteiger charge is -2.12. The van der Waals surface area contributed by atoms with Gasteiger partial charge in [-0.3, -0.25) is 0 Å². The number of carbonyl (C=O) groups is 1. The number of ether oxygens (including phenoxy) is 2. The molecule has 0 aliphatic heterocycles. The van der Waals surface area contributed by atoms with Crippen LogP contribution in [-0.2, 0) is 0 Å². The van der Waals surface area contributed by atoms with E-state index in [1.807, 2.05) is 0 Å². The van der Waals surface area contributed by atoms with Gasteiger partial charge in [-0.15, -0.1) is 10.2 Å². The zero-order chi connectivity index (χ0) is 21.6. The molecule has 2 aromatic heterocycles. The molecule has 4 aromatic rings. The second-order valence-corrected chi connectivity index (χ2v) is 6.67. The van der Waals surface area contributed by atoms with Crippen molar-refractivity contribution in [3.63, 3.8) is 0 Å². The highest BCUT2D eigenvalue weighted by atomic mass is 35.5. The topological polar surface area (TPSA) is 103 Å². The Hall–Kier alpha value is -4.11. The molecule has 0 saturated heterocycles. The number of nitrogens with one attached hydrogen (secondary N) is 2. The molecule has 10 heteroatoms. The van der Waals surface area contributed by atoms with Gasteiger partial charge in [0.05, 0.1) is 12.8 Å². The first-order chi connectivity index (χ1) is 15.1. The minimum atomic E-state index is -0.436. The molecule has 0 atom stereocenters. The molecule has 0 fully saturated rings. The summed E-state index contributed by atoms with van der Waals surface area (Å²) in [5.41, 5.74) is 1.04. The van der Waals surface area contributed by atoms with Crippen molar-refractivity contribution in [2.45, 2.75) is 0 Å². The highest BCUT2D eigenvalue weighted by Crippen LogP contribution is 2.28. The highest BCUT2D eigenvalue weighted by molar-refractivity contribution is 6.31. The van der Waals surface area contributed by atoms with Crippen molar-refractivity contribution in [3.05, 3.63) is 78.1 Å². The van der Waals surface area contributed by atoms with Crippen LogP contribution >= 0.6 is 11.6 Å². The molecular weight excluding hydrogens is 420 g/mol. The number of halogens is 1. The van der Waals surface area contributed by atoms with Gasteiger partial charge in [-0.2, -0.15) is 5.10 Å². The zero-order valence-electron chi connectivity index (χ0n) is 16.3. The second kappa shape index (κ2) is 9.14. The summed E-state index contributed by atoms with van der Waals surface area (Å²) in [6.07, 6.45) is 3.43. The Bertz CT molecular complexity index is 1160. The molecule has 0 unspecified atom stereocenters. The molecule has 2 aromatic carbocycles. The number of hydrogen-bond acceptors (Lipinski definition) is 6. The van der Waals surface area contributed by atoms with Gasteiger partial charge >= 0.3 is 6.03 Å². The van der Waals surface area contributed by atoms with E-state index in [1.54, 1.807) is 77.7 Å². The number of nitrogens with zero attached hydrogens (tertiary/aromatic N) is 4. The predicted molar refractivity (Wildman–Crippen MR) is 116 cm³/mol. The first-order valence-corrected chi connectivity index (χ1v) is 9.52. The molecule has 2 N–H and O–H groups in total. The third-order valence-corrected chi connectivity index (χ3v) is 4.34. The average Bonchev–Trinajstić information content (AvgIpc) is 3.31. The number of methoxy groups -OCH3 is 1. The minimum Gasteiger partial charge on any atom is -0.495 e. The quantitative estimate of drug-likeness (QED) is 0.451. The van der Waals surface area contributed by atoms with Crippen molar-refractivity contribution < 1.29 is 14.3 Å². The second-order valence-electron chi connectivity index (χ2n) is 6.23. The number of hydrogen-bond donors (Lipinski definition) is 2. The van der Waals surface area contributed by atoms with Crippen molar-refractivity contribution in [1.82, 2.24) is 20.0 Å². The molecule has 0 bridgehead atoms. The van der Waals surface area contributed by atoms with Crippen molar-refractivity contribution >= 4 is 29.0 Å². The standard InChI is InChI=1S/C21H17ClN6O3/c1-30-18-8-3-14(22)13-17(18)25-21(29)24-15-4-6-16(7-5-15)31-20-10-9-19(26-27-20)28-12-2-11-23-28/h2-13H,1H3,(H2,24,25,29). The molecule has 31 heavy (non-hydrogen) atoms. The Labute approximate surface area is 182 Å². The highest BCUT2D eigenvalue weighted by Gasteiger charge is 2.09. The van der Waals surface area contributed by atoms with E-state index >= 15 is 0 Å². The van der Waals surface area contributed by atoms with Crippen molar-refractivity contribution in [2.75, 3.05) is 17.7 Å². The van der Waals surface area contributed by atoms with Crippen LogP contribution in [0.4, 0.5) is 16.2 Å². The van der Waals surface area contributed by atoms with Crippen LogP contribution in [0.3, 0.4) is 0 Å². The monoisotopic (exact) mass is 436 g/mol. The SMILES string of the molecule is COc1ccc(Cl)cc1NC(=O)Nc1ccc(Oc2ccc(-n3cccn3)nn2)cc1. The summed E-state index contributed by atoms with van der Waals surface area (Å²) in [7, 11) is 1.51. The van der Waals surface area contributed by atoms with Crippen LogP contribution in [-0.4, -0.2) is 33.1 Å². The minimum absolute atomic E-state index is 0.336. The molecule has 0 aliphatic rings. The summed E-state index contributed by atoms with van der Waals surface area (Å²) in [5, 5.41) is 18.1. The van der Waals surface area contributed by atoms with Crippen LogP contribution in [0.5, 0.6) is 17.4 Å². The smallest absolute Gasteiger partial charge is 0.323 e. The third-order valence-electron chi connectivity index (χ3n) is 4.11. The van der Waals surface area contributed by atoms with Gasteiger partial charge in [0.25, 0.3) is 0 Å². The number of rotatable bonds is 6. The molecule has 156 valence electrons. The lowest BCUT2D eigenvalue weighted by Crippen LogP contribution is -2.19. The van der Waals surface area contributed by atoms with Crippen LogP contribution in [0.1, 0.15) is 0 Å². The molecule has 9 nitrogen and oxygen atoms in total. The molecule has 2 heterocycles. The van der Waals surface area contributed by atoms with Gasteiger partial charge in [-0.1, -0.05) is 11.6 Å². The Morgan fingerprint density at radius 3 is 2.55 bits per heavy atom. The van der Waals surface area contributed by atoms with Crippen LogP contribution in [0.2, 0.25) is 5.02 Å². The lowest BCUT2D eigenvalue weighted by molar-refractivity contribution is 0.262. The summed E-state index contributed by atoms with van der Waals surface area (Å²) in [6.45, 7) is 0. The van der Waals surface area contributed by atoms with Gasteiger partial charge in [-0.25, -0.2) is 9.48 Å². The van der Waals surface area contributed by atoms with E-state index in [4.69, 9.17) is 21.1 Å². The van der Waals surface area contributed by atoms with E-state index in [0.717, 1.165) is 0 Å². The Kier molecular flexibility index (Phi) is 5.95. The predicted octanol–water partition coefficient (Wildman–Crippen LogP) is 4.76. The van der Waals surface area contributed by atoms with Crippen molar-refractivity contribution in [2.24, 2.45) is 0 Å². The first-order valence-electron chi connectivity index (χ1n) is 9.14. The lowest BCUT2D eigenvalue weighted by atomic mass is 10.3. The normalized spacial score (nSPS) is 10.4. The van der Waals surface area contributed by atoms with E-state index in [-0.39, 0.29) is 0 Å². The summed E-state index contributed by atoms with van der Waals surface area (Å²) >= 11 is 5.98. The number of urea groups is 1. The van der Waals surface area contributed by atoms with Gasteiger partial charge in [0.2, 0.25) is 5.88 Å². The van der Waals surface area contributed by atoms with Crippen LogP contribution in [0.15, 0.2) is 73.1 Å². The molecule has 0 aliphatic carbocycles. The third kappa shape index (κ3) is 5.09. The summed E-state index contributed by atoms with van der Waals surface area (Å²) in [4.78, 5) is 12.3. The summed E-state index contributed by atoms with van der Waals surface area (Å²) in [5.74, 6) is 1.97. The number of anilines is 2. The zero-order valence-corrected chi connectivity index (χ0v) is 17.1. The maximum absolute atomic E-state index is 12.3. The molecule has 0 radical (unpaired) electrons.